The van der Waals surface area contributed by atoms with Crippen LogP contribution in [0.1, 0.15) is 27.9 Å². The molecule has 2 nitrogen and oxygen atoms in total. The molecule has 88 valence electrons. The molecule has 0 amide bonds. The van der Waals surface area contributed by atoms with Crippen molar-refractivity contribution in [3.63, 3.8) is 0 Å². The predicted molar refractivity (Wildman–Crippen MR) is 54.4 cm³/mol. The molecule has 0 bridgehead atoms. The third-order valence-corrected chi connectivity index (χ3v) is 1.91. The van der Waals surface area contributed by atoms with Gasteiger partial charge in [0.2, 0.25) is 0 Å². The normalized spacial score (nSPS) is 10.3. The molecule has 1 rings (SSSR count). The van der Waals surface area contributed by atoms with Gasteiger partial charge in [-0.2, -0.15) is 13.2 Å². The molecule has 1 aromatic carbocycles. The standard InChI is InChI=1S/C12H7F3O2/c13-12(14,15)11-5-4-9(3-1-2-6-16)10(7-11)8-17/h4-8H,2H2. The highest BCUT2D eigenvalue weighted by Gasteiger charge is 2.30. The molecule has 0 aromatic heterocycles. The van der Waals surface area contributed by atoms with Gasteiger partial charge in [-0.1, -0.05) is 11.8 Å². The highest BCUT2D eigenvalue weighted by Crippen LogP contribution is 2.30. The van der Waals surface area contributed by atoms with E-state index in [-0.39, 0.29) is 17.5 Å². The number of rotatable bonds is 2. The molecule has 0 saturated carbocycles. The van der Waals surface area contributed by atoms with Crippen LogP contribution in [0.2, 0.25) is 0 Å². The lowest BCUT2D eigenvalue weighted by molar-refractivity contribution is -0.137. The Morgan fingerprint density at radius 1 is 1.24 bits per heavy atom. The number of benzene rings is 1. The van der Waals surface area contributed by atoms with Gasteiger partial charge in [0.1, 0.15) is 6.29 Å². The zero-order valence-electron chi connectivity index (χ0n) is 8.54. The van der Waals surface area contributed by atoms with Crippen LogP contribution in [0.4, 0.5) is 13.2 Å². The van der Waals surface area contributed by atoms with Crippen LogP contribution >= 0.6 is 0 Å². The van der Waals surface area contributed by atoms with Gasteiger partial charge in [0.15, 0.2) is 6.29 Å². The smallest absolute Gasteiger partial charge is 0.302 e. The van der Waals surface area contributed by atoms with Crippen LogP contribution < -0.4 is 0 Å². The van der Waals surface area contributed by atoms with Gasteiger partial charge in [-0.15, -0.1) is 0 Å². The lowest BCUT2D eigenvalue weighted by Gasteiger charge is -2.07. The Morgan fingerprint density at radius 2 is 1.94 bits per heavy atom. The summed E-state index contributed by atoms with van der Waals surface area (Å²) in [7, 11) is 0. The zero-order chi connectivity index (χ0) is 12.9. The summed E-state index contributed by atoms with van der Waals surface area (Å²) in [5.74, 6) is 4.89. The molecule has 17 heavy (non-hydrogen) atoms. The maximum Gasteiger partial charge on any atom is 0.416 e. The maximum atomic E-state index is 12.3. The van der Waals surface area contributed by atoms with Crippen LogP contribution in [0.3, 0.4) is 0 Å². The predicted octanol–water partition coefficient (Wildman–Crippen LogP) is 2.46. The molecule has 0 atom stereocenters. The van der Waals surface area contributed by atoms with Gasteiger partial charge in [0.25, 0.3) is 0 Å². The summed E-state index contributed by atoms with van der Waals surface area (Å²) in [5, 5.41) is 0. The Balaban J connectivity index is 3.16. The van der Waals surface area contributed by atoms with Crippen molar-refractivity contribution in [3.05, 3.63) is 34.9 Å². The molecule has 0 fully saturated rings. The Morgan fingerprint density at radius 3 is 2.47 bits per heavy atom. The molecule has 0 aliphatic heterocycles. The van der Waals surface area contributed by atoms with Crippen molar-refractivity contribution in [2.45, 2.75) is 12.6 Å². The van der Waals surface area contributed by atoms with Crippen molar-refractivity contribution in [2.75, 3.05) is 0 Å². The van der Waals surface area contributed by atoms with Crippen molar-refractivity contribution in [1.82, 2.24) is 0 Å². The largest absolute Gasteiger partial charge is 0.416 e. The van der Waals surface area contributed by atoms with Crippen LogP contribution in [0.15, 0.2) is 18.2 Å². The molecule has 1 aromatic rings. The number of carbonyl (C=O) groups is 2. The average molecular weight is 240 g/mol. The number of hydrogen-bond acceptors (Lipinski definition) is 2. The van der Waals surface area contributed by atoms with Gasteiger partial charge in [0.05, 0.1) is 12.0 Å². The Labute approximate surface area is 95.4 Å². The number of hydrogen-bond donors (Lipinski definition) is 0. The van der Waals surface area contributed by atoms with Gasteiger partial charge in [0, 0.05) is 11.1 Å². The molecule has 0 N–H and O–H groups in total. The van der Waals surface area contributed by atoms with Crippen LogP contribution in [0.25, 0.3) is 0 Å². The molecular formula is C12H7F3O2. The van der Waals surface area contributed by atoms with Crippen molar-refractivity contribution >= 4 is 12.6 Å². The summed E-state index contributed by atoms with van der Waals surface area (Å²) >= 11 is 0. The minimum Gasteiger partial charge on any atom is -0.302 e. The summed E-state index contributed by atoms with van der Waals surface area (Å²) < 4.78 is 37.0. The molecular weight excluding hydrogens is 233 g/mol. The van der Waals surface area contributed by atoms with E-state index in [2.05, 4.69) is 11.8 Å². The third kappa shape index (κ3) is 3.45. The van der Waals surface area contributed by atoms with E-state index in [0.29, 0.717) is 12.6 Å². The van der Waals surface area contributed by atoms with E-state index >= 15 is 0 Å². The lowest BCUT2D eigenvalue weighted by atomic mass is 10.0. The molecule has 0 radical (unpaired) electrons. The quantitative estimate of drug-likeness (QED) is 0.587. The molecule has 0 heterocycles. The van der Waals surface area contributed by atoms with Crippen LogP contribution in [-0.2, 0) is 11.0 Å². The average Bonchev–Trinajstić information content (AvgIpc) is 2.28. The van der Waals surface area contributed by atoms with Gasteiger partial charge >= 0.3 is 6.18 Å². The topological polar surface area (TPSA) is 34.1 Å². The van der Waals surface area contributed by atoms with E-state index < -0.39 is 11.7 Å². The van der Waals surface area contributed by atoms with E-state index in [1.165, 1.54) is 0 Å². The molecule has 0 aliphatic rings. The summed E-state index contributed by atoms with van der Waals surface area (Å²) in [6.45, 7) is 0. The van der Waals surface area contributed by atoms with Crippen molar-refractivity contribution in [3.8, 4) is 11.8 Å². The first-order chi connectivity index (χ1) is 7.99. The highest BCUT2D eigenvalue weighted by molar-refractivity contribution is 5.80. The van der Waals surface area contributed by atoms with E-state index in [1.54, 1.807) is 0 Å². The van der Waals surface area contributed by atoms with Crippen molar-refractivity contribution in [2.24, 2.45) is 0 Å². The van der Waals surface area contributed by atoms with E-state index in [4.69, 9.17) is 0 Å². The fourth-order valence-electron chi connectivity index (χ4n) is 1.14. The summed E-state index contributed by atoms with van der Waals surface area (Å²) in [6.07, 6.45) is -3.65. The van der Waals surface area contributed by atoms with Gasteiger partial charge in [-0.25, -0.2) is 0 Å². The van der Waals surface area contributed by atoms with E-state index in [1.807, 2.05) is 0 Å². The maximum absolute atomic E-state index is 12.3. The fraction of sp³-hybridized carbons (Fsp3) is 0.167. The van der Waals surface area contributed by atoms with Crippen molar-refractivity contribution in [1.29, 1.82) is 0 Å². The van der Waals surface area contributed by atoms with Gasteiger partial charge in [-0.05, 0) is 18.2 Å². The Kier molecular flexibility index (Phi) is 4.05. The molecule has 0 aliphatic carbocycles. The zero-order valence-corrected chi connectivity index (χ0v) is 8.54. The van der Waals surface area contributed by atoms with E-state index in [0.717, 1.165) is 18.2 Å². The van der Waals surface area contributed by atoms with Gasteiger partial charge < -0.3 is 4.79 Å². The number of halogens is 3. The van der Waals surface area contributed by atoms with Crippen LogP contribution in [-0.4, -0.2) is 12.6 Å². The summed E-state index contributed by atoms with van der Waals surface area (Å²) in [4.78, 5) is 20.6. The van der Waals surface area contributed by atoms with E-state index in [9.17, 15) is 22.8 Å². The SMILES string of the molecule is O=CCC#Cc1ccc(C(F)(F)F)cc1C=O. The Hall–Kier alpha value is -2.09. The Bertz CT molecular complexity index is 493. The number of aldehydes is 2. The summed E-state index contributed by atoms with van der Waals surface area (Å²) in [6, 6.07) is 2.69. The van der Waals surface area contributed by atoms with Crippen LogP contribution in [0, 0.1) is 11.8 Å². The second-order valence-corrected chi connectivity index (χ2v) is 3.09. The second kappa shape index (κ2) is 5.30. The lowest BCUT2D eigenvalue weighted by Crippen LogP contribution is -2.06. The van der Waals surface area contributed by atoms with Gasteiger partial charge in [-0.3, -0.25) is 4.79 Å². The first kappa shape index (κ1) is 13.0. The third-order valence-electron chi connectivity index (χ3n) is 1.91. The monoisotopic (exact) mass is 240 g/mol. The highest BCUT2D eigenvalue weighted by atomic mass is 19.4. The number of alkyl halides is 3. The molecule has 0 saturated heterocycles. The first-order valence-electron chi connectivity index (χ1n) is 4.58. The van der Waals surface area contributed by atoms with Crippen molar-refractivity contribution < 1.29 is 22.8 Å². The summed E-state index contributed by atoms with van der Waals surface area (Å²) in [5.41, 5.74) is -0.867. The minimum absolute atomic E-state index is 0.0285. The van der Waals surface area contributed by atoms with Crippen LogP contribution in [0.5, 0.6) is 0 Å². The molecule has 0 spiro atoms. The fourth-order valence-corrected chi connectivity index (χ4v) is 1.14. The second-order valence-electron chi connectivity index (χ2n) is 3.09. The molecule has 5 heteroatoms. The molecule has 0 unspecified atom stereocenters. The minimum atomic E-state index is -4.49. The number of carbonyl (C=O) groups excluding carboxylic acids is 2. The first-order valence-corrected chi connectivity index (χ1v) is 4.58.